The minimum atomic E-state index is -0.776. The van der Waals surface area contributed by atoms with E-state index in [0.717, 1.165) is 52.3 Å². The van der Waals surface area contributed by atoms with Gasteiger partial charge >= 0.3 is 5.97 Å². The Labute approximate surface area is 174 Å². The number of aromatic nitrogens is 2. The largest absolute Gasteiger partial charge is 0.481 e. The molecule has 0 aliphatic carbocycles. The lowest BCUT2D eigenvalue weighted by Crippen LogP contribution is -2.18. The molecule has 1 atom stereocenters. The molecule has 0 saturated carbocycles. The zero-order chi connectivity index (χ0) is 20.5. The van der Waals surface area contributed by atoms with Gasteiger partial charge in [0.25, 0.3) is 0 Å². The Morgan fingerprint density at radius 2 is 2.07 bits per heavy atom. The first-order chi connectivity index (χ1) is 13.9. The molecule has 1 aliphatic heterocycles. The van der Waals surface area contributed by atoms with Crippen LogP contribution >= 0.6 is 11.8 Å². The number of fused-ring (bicyclic) bond motifs is 3. The highest BCUT2D eigenvalue weighted by atomic mass is 32.2. The van der Waals surface area contributed by atoms with Crippen LogP contribution in [-0.2, 0) is 17.8 Å². The zero-order valence-electron chi connectivity index (χ0n) is 16.7. The molecule has 0 fully saturated rings. The van der Waals surface area contributed by atoms with Gasteiger partial charge in [0.05, 0.1) is 6.42 Å². The fourth-order valence-corrected chi connectivity index (χ4v) is 5.53. The third-order valence-electron chi connectivity index (χ3n) is 5.43. The first-order valence-corrected chi connectivity index (χ1v) is 10.9. The number of halogens is 1. The molecule has 0 spiro atoms. The lowest BCUT2D eigenvalue weighted by Gasteiger charge is -2.25. The monoisotopic (exact) mass is 412 g/mol. The Morgan fingerprint density at radius 3 is 2.76 bits per heavy atom. The third kappa shape index (κ3) is 4.04. The van der Waals surface area contributed by atoms with E-state index in [4.69, 9.17) is 4.98 Å². The average Bonchev–Trinajstić information content (AvgIpc) is 2.99. The first-order valence-electron chi connectivity index (χ1n) is 10.1. The van der Waals surface area contributed by atoms with E-state index in [9.17, 15) is 14.3 Å². The fourth-order valence-electron chi connectivity index (χ4n) is 4.31. The van der Waals surface area contributed by atoms with Gasteiger partial charge in [0.1, 0.15) is 11.5 Å². The number of pyridine rings is 1. The molecule has 29 heavy (non-hydrogen) atoms. The number of aryl methyl sites for hydroxylation is 1. The van der Waals surface area contributed by atoms with Crippen molar-refractivity contribution in [3.8, 4) is 0 Å². The second-order valence-corrected chi connectivity index (χ2v) is 9.21. The van der Waals surface area contributed by atoms with Crippen molar-refractivity contribution >= 4 is 28.8 Å². The van der Waals surface area contributed by atoms with Crippen molar-refractivity contribution in [2.45, 2.75) is 61.8 Å². The molecule has 2 aromatic heterocycles. The molecule has 1 unspecified atom stereocenters. The van der Waals surface area contributed by atoms with Crippen molar-refractivity contribution in [2.75, 3.05) is 0 Å². The number of rotatable bonds is 6. The molecular weight excluding hydrogens is 387 g/mol. The van der Waals surface area contributed by atoms with E-state index in [0.29, 0.717) is 5.92 Å². The van der Waals surface area contributed by atoms with Crippen LogP contribution in [0.4, 0.5) is 4.39 Å². The number of carbonyl (C=O) groups is 1. The molecule has 0 bridgehead atoms. The summed E-state index contributed by atoms with van der Waals surface area (Å²) in [5, 5.41) is 10.6. The Morgan fingerprint density at radius 1 is 1.31 bits per heavy atom. The molecule has 0 amide bonds. The summed E-state index contributed by atoms with van der Waals surface area (Å²) in [5.74, 6) is -0.577. The van der Waals surface area contributed by atoms with E-state index >= 15 is 0 Å². The minimum absolute atomic E-state index is 0.0368. The highest BCUT2D eigenvalue weighted by Gasteiger charge is 2.31. The maximum atomic E-state index is 13.4. The van der Waals surface area contributed by atoms with Gasteiger partial charge in [0.2, 0.25) is 0 Å². The molecule has 152 valence electrons. The highest BCUT2D eigenvalue weighted by molar-refractivity contribution is 7.99. The fraction of sp³-hybridized carbons (Fsp3) is 0.391. The van der Waals surface area contributed by atoms with Crippen LogP contribution < -0.4 is 0 Å². The van der Waals surface area contributed by atoms with Gasteiger partial charge < -0.3 is 9.67 Å². The number of nitrogens with zero attached hydrogens (tertiary/aromatic N) is 2. The van der Waals surface area contributed by atoms with Gasteiger partial charge in [-0.05, 0) is 61.1 Å². The zero-order valence-corrected chi connectivity index (χ0v) is 17.5. The SMILES string of the molecule is CC(C)Cc1ccnc2c1c(Sc1ccc(F)cc1)c1n2CCCC1CC(=O)O. The number of hydrogen-bond donors (Lipinski definition) is 1. The summed E-state index contributed by atoms with van der Waals surface area (Å²) in [6.07, 6.45) is 4.72. The summed E-state index contributed by atoms with van der Waals surface area (Å²) in [6.45, 7) is 5.24. The van der Waals surface area contributed by atoms with Crippen molar-refractivity contribution in [1.82, 2.24) is 9.55 Å². The number of aliphatic carboxylic acids is 1. The summed E-state index contributed by atoms with van der Waals surface area (Å²) < 4.78 is 15.6. The van der Waals surface area contributed by atoms with Gasteiger partial charge in [0, 0.05) is 39.5 Å². The molecule has 3 heterocycles. The Hall–Kier alpha value is -2.34. The average molecular weight is 413 g/mol. The number of benzene rings is 1. The lowest BCUT2D eigenvalue weighted by molar-refractivity contribution is -0.137. The van der Waals surface area contributed by atoms with Crippen LogP contribution in [0.1, 0.15) is 50.3 Å². The normalized spacial score (nSPS) is 16.3. The van der Waals surface area contributed by atoms with Crippen molar-refractivity contribution in [2.24, 2.45) is 5.92 Å². The van der Waals surface area contributed by atoms with Crippen molar-refractivity contribution in [3.63, 3.8) is 0 Å². The molecule has 0 saturated heterocycles. The van der Waals surface area contributed by atoms with E-state index in [1.807, 2.05) is 6.20 Å². The van der Waals surface area contributed by atoms with Gasteiger partial charge in [-0.2, -0.15) is 0 Å². The van der Waals surface area contributed by atoms with Crippen LogP contribution in [-0.4, -0.2) is 20.6 Å². The summed E-state index contributed by atoms with van der Waals surface area (Å²) in [4.78, 5) is 18.3. The minimum Gasteiger partial charge on any atom is -0.481 e. The lowest BCUT2D eigenvalue weighted by atomic mass is 9.92. The maximum absolute atomic E-state index is 13.4. The van der Waals surface area contributed by atoms with Gasteiger partial charge in [0.15, 0.2) is 0 Å². The van der Waals surface area contributed by atoms with E-state index in [1.54, 1.807) is 23.9 Å². The van der Waals surface area contributed by atoms with Crippen molar-refractivity contribution < 1.29 is 14.3 Å². The first kappa shape index (κ1) is 20.0. The molecule has 4 rings (SSSR count). The van der Waals surface area contributed by atoms with Gasteiger partial charge in [-0.1, -0.05) is 25.6 Å². The van der Waals surface area contributed by atoms with E-state index in [1.165, 1.54) is 17.7 Å². The Balaban J connectivity index is 1.93. The summed E-state index contributed by atoms with van der Waals surface area (Å²) in [5.41, 5.74) is 3.26. The summed E-state index contributed by atoms with van der Waals surface area (Å²) >= 11 is 1.60. The van der Waals surface area contributed by atoms with Crippen LogP contribution in [0, 0.1) is 11.7 Å². The van der Waals surface area contributed by atoms with Crippen LogP contribution in [0.25, 0.3) is 11.0 Å². The predicted molar refractivity (Wildman–Crippen MR) is 113 cm³/mol. The van der Waals surface area contributed by atoms with Gasteiger partial charge in [-0.3, -0.25) is 4.79 Å². The Bertz CT molecular complexity index is 1040. The van der Waals surface area contributed by atoms with Crippen LogP contribution in [0.3, 0.4) is 0 Å². The van der Waals surface area contributed by atoms with Crippen LogP contribution in [0.2, 0.25) is 0 Å². The predicted octanol–water partition coefficient (Wildman–Crippen LogP) is 5.88. The second-order valence-electron chi connectivity index (χ2n) is 8.13. The molecule has 6 heteroatoms. The van der Waals surface area contributed by atoms with E-state index in [2.05, 4.69) is 24.5 Å². The summed E-state index contributed by atoms with van der Waals surface area (Å²) in [6, 6.07) is 8.58. The molecule has 0 radical (unpaired) electrons. The highest BCUT2D eigenvalue weighted by Crippen LogP contribution is 2.46. The standard InChI is InChI=1S/C23H25FN2O2S/c1-14(2)12-15-9-10-25-23-20(15)22(29-18-7-5-17(24)6-8-18)21-16(13-19(27)28)4-3-11-26(21)23/h5-10,14,16H,3-4,11-13H2,1-2H3,(H,27,28). The molecular formula is C23H25FN2O2S. The van der Waals surface area contributed by atoms with Crippen LogP contribution in [0.5, 0.6) is 0 Å². The van der Waals surface area contributed by atoms with Gasteiger partial charge in [-0.25, -0.2) is 9.37 Å². The Kier molecular flexibility index (Phi) is 5.63. The van der Waals surface area contributed by atoms with E-state index < -0.39 is 5.97 Å². The second kappa shape index (κ2) is 8.19. The van der Waals surface area contributed by atoms with Crippen molar-refractivity contribution in [1.29, 1.82) is 0 Å². The molecule has 1 N–H and O–H groups in total. The van der Waals surface area contributed by atoms with Gasteiger partial charge in [-0.15, -0.1) is 0 Å². The topological polar surface area (TPSA) is 55.1 Å². The number of carboxylic acid groups (broad SMARTS) is 1. The molecule has 4 nitrogen and oxygen atoms in total. The smallest absolute Gasteiger partial charge is 0.304 e. The number of carboxylic acids is 1. The maximum Gasteiger partial charge on any atom is 0.304 e. The molecule has 1 aromatic carbocycles. The summed E-state index contributed by atoms with van der Waals surface area (Å²) in [7, 11) is 0. The third-order valence-corrected chi connectivity index (χ3v) is 6.55. The number of hydrogen-bond acceptors (Lipinski definition) is 3. The van der Waals surface area contributed by atoms with Crippen molar-refractivity contribution in [3.05, 3.63) is 53.6 Å². The molecule has 1 aliphatic rings. The van der Waals surface area contributed by atoms with Crippen LogP contribution in [0.15, 0.2) is 46.3 Å². The van der Waals surface area contributed by atoms with E-state index in [-0.39, 0.29) is 18.2 Å². The molecule has 3 aromatic rings. The quantitative estimate of drug-likeness (QED) is 0.549.